The van der Waals surface area contributed by atoms with E-state index in [1.54, 1.807) is 0 Å². The predicted octanol–water partition coefficient (Wildman–Crippen LogP) is 0.978. The zero-order valence-electron chi connectivity index (χ0n) is 19.7. The Morgan fingerprint density at radius 1 is 0.586 bits per heavy atom. The minimum absolute atomic E-state index is 0. The summed E-state index contributed by atoms with van der Waals surface area (Å²) in [4.78, 5) is 0. The molecule has 0 unspecified atom stereocenters. The normalized spacial score (nSPS) is 11.5. The van der Waals surface area contributed by atoms with Crippen LogP contribution in [0.25, 0.3) is 0 Å². The Morgan fingerprint density at radius 2 is 0.931 bits per heavy atom. The van der Waals surface area contributed by atoms with Crippen LogP contribution < -0.4 is 29.6 Å². The van der Waals surface area contributed by atoms with Gasteiger partial charge in [0.2, 0.25) is 0 Å². The van der Waals surface area contributed by atoms with Crippen LogP contribution in [0, 0.1) is 0 Å². The van der Waals surface area contributed by atoms with Crippen LogP contribution in [0.5, 0.6) is 0 Å². The van der Waals surface area contributed by atoms with Gasteiger partial charge in [0.25, 0.3) is 10.1 Å². The van der Waals surface area contributed by atoms with Crippen LogP contribution in [-0.2, 0) is 29.1 Å². The summed E-state index contributed by atoms with van der Waals surface area (Å²) in [6.45, 7) is 6.74. The van der Waals surface area contributed by atoms with Crippen molar-refractivity contribution in [2.75, 3.05) is 58.6 Å². The average Bonchev–Trinajstić information content (AvgIpc) is 2.65. The van der Waals surface area contributed by atoms with E-state index in [0.717, 1.165) is 13.0 Å². The first-order valence-electron chi connectivity index (χ1n) is 10.8. The van der Waals surface area contributed by atoms with Gasteiger partial charge < -0.3 is 20.4 Å². The van der Waals surface area contributed by atoms with Crippen molar-refractivity contribution in [2.24, 2.45) is 0 Å². The molecule has 0 rings (SSSR count). The van der Waals surface area contributed by atoms with Crippen LogP contribution in [0.4, 0.5) is 0 Å². The molecule has 0 spiro atoms. The number of hydrogen-bond acceptors (Lipinski definition) is 6. The molecule has 0 aliphatic carbocycles. The Kier molecular flexibility index (Phi) is 27.5. The third-order valence-corrected chi connectivity index (χ3v) is 5.00. The Balaban J connectivity index is -0.00000364. The molecule has 29 heavy (non-hydrogen) atoms. The number of ether oxygens (including phenoxy) is 4. The summed E-state index contributed by atoms with van der Waals surface area (Å²) < 4.78 is 51.3. The maximum atomic E-state index is 10.5. The third-order valence-electron chi connectivity index (χ3n) is 4.20. The molecule has 0 amide bonds. The Hall–Kier alpha value is 0.750. The summed E-state index contributed by atoms with van der Waals surface area (Å²) >= 11 is 0. The van der Waals surface area contributed by atoms with Gasteiger partial charge in [-0.3, -0.25) is 4.55 Å². The summed E-state index contributed by atoms with van der Waals surface area (Å²) in [6, 6.07) is 0. The molecule has 7 nitrogen and oxygen atoms in total. The zero-order valence-corrected chi connectivity index (χ0v) is 21.6. The van der Waals surface area contributed by atoms with E-state index in [1.807, 2.05) is 0 Å². The fourth-order valence-electron chi connectivity index (χ4n) is 2.59. The smallest absolute Gasteiger partial charge is 1.00 e. The molecule has 0 bridgehead atoms. The van der Waals surface area contributed by atoms with E-state index in [0.29, 0.717) is 59.1 Å². The fraction of sp³-hybridized carbons (Fsp3) is 1.00. The van der Waals surface area contributed by atoms with Crippen LogP contribution in [0.2, 0.25) is 0 Å². The maximum Gasteiger partial charge on any atom is 1.00 e. The molecule has 0 saturated heterocycles. The molecule has 0 aliphatic heterocycles. The van der Waals surface area contributed by atoms with Gasteiger partial charge in [0.05, 0.1) is 45.4 Å². The second-order valence-electron chi connectivity index (χ2n) is 6.92. The van der Waals surface area contributed by atoms with Crippen LogP contribution in [-0.4, -0.2) is 71.6 Å². The van der Waals surface area contributed by atoms with Gasteiger partial charge in [0, 0.05) is 13.2 Å². The van der Waals surface area contributed by atoms with Gasteiger partial charge in [-0.2, -0.15) is 8.42 Å². The average molecular weight is 451 g/mol. The second kappa shape index (κ2) is 25.0. The van der Waals surface area contributed by atoms with E-state index in [9.17, 15) is 8.42 Å². The SMILES string of the molecule is CCCCCCCCCCOCCOCCOCCOCCCCS(=O)(=O)O.[H-].[Na+]. The van der Waals surface area contributed by atoms with Crippen molar-refractivity contribution in [2.45, 2.75) is 71.1 Å². The molecule has 0 heterocycles. The van der Waals surface area contributed by atoms with Crippen LogP contribution in [0.15, 0.2) is 0 Å². The Morgan fingerprint density at radius 3 is 1.34 bits per heavy atom. The molecule has 0 radical (unpaired) electrons. The molecule has 1 N–H and O–H groups in total. The minimum Gasteiger partial charge on any atom is -1.00 e. The van der Waals surface area contributed by atoms with Crippen LogP contribution in [0.1, 0.15) is 72.6 Å². The summed E-state index contributed by atoms with van der Waals surface area (Å²) in [7, 11) is -3.85. The predicted molar refractivity (Wildman–Crippen MR) is 113 cm³/mol. The second-order valence-corrected chi connectivity index (χ2v) is 8.49. The first kappa shape index (κ1) is 31.9. The number of rotatable bonds is 23. The topological polar surface area (TPSA) is 91.3 Å². The Labute approximate surface area is 202 Å². The molecule has 0 aromatic rings. The molecule has 0 saturated carbocycles. The van der Waals surface area contributed by atoms with Crippen molar-refractivity contribution >= 4 is 10.1 Å². The van der Waals surface area contributed by atoms with Gasteiger partial charge in [-0.05, 0) is 19.3 Å². The van der Waals surface area contributed by atoms with E-state index >= 15 is 0 Å². The van der Waals surface area contributed by atoms with E-state index in [-0.39, 0.29) is 36.7 Å². The van der Waals surface area contributed by atoms with E-state index in [2.05, 4.69) is 6.92 Å². The van der Waals surface area contributed by atoms with Gasteiger partial charge in [-0.25, -0.2) is 0 Å². The number of unbranched alkanes of at least 4 members (excludes halogenated alkanes) is 8. The molecule has 0 aromatic heterocycles. The van der Waals surface area contributed by atoms with Gasteiger partial charge in [0.15, 0.2) is 0 Å². The molecule has 0 fully saturated rings. The van der Waals surface area contributed by atoms with Crippen molar-refractivity contribution in [3.05, 3.63) is 0 Å². The van der Waals surface area contributed by atoms with Crippen molar-refractivity contribution in [1.82, 2.24) is 0 Å². The van der Waals surface area contributed by atoms with Crippen molar-refractivity contribution in [3.8, 4) is 0 Å². The molecular formula is C20H43NaO7S. The molecule has 0 aliphatic rings. The number of hydrogen-bond donors (Lipinski definition) is 1. The quantitative estimate of drug-likeness (QED) is 0.141. The van der Waals surface area contributed by atoms with Crippen LogP contribution in [0.3, 0.4) is 0 Å². The van der Waals surface area contributed by atoms with Gasteiger partial charge in [-0.15, -0.1) is 0 Å². The summed E-state index contributed by atoms with van der Waals surface area (Å²) in [5, 5.41) is 0. The molecular weight excluding hydrogens is 407 g/mol. The minimum atomic E-state index is -3.85. The van der Waals surface area contributed by atoms with Gasteiger partial charge >= 0.3 is 29.6 Å². The summed E-state index contributed by atoms with van der Waals surface area (Å²) in [5.41, 5.74) is 0. The maximum absolute atomic E-state index is 10.5. The molecule has 172 valence electrons. The summed E-state index contributed by atoms with van der Waals surface area (Å²) in [6.07, 6.45) is 11.5. The monoisotopic (exact) mass is 450 g/mol. The van der Waals surface area contributed by atoms with Crippen molar-refractivity contribution < 1.29 is 62.9 Å². The van der Waals surface area contributed by atoms with Crippen LogP contribution >= 0.6 is 0 Å². The first-order valence-corrected chi connectivity index (χ1v) is 12.4. The van der Waals surface area contributed by atoms with Gasteiger partial charge in [-0.1, -0.05) is 51.9 Å². The van der Waals surface area contributed by atoms with Gasteiger partial charge in [0.1, 0.15) is 0 Å². The molecule has 9 heteroatoms. The third kappa shape index (κ3) is 31.0. The summed E-state index contributed by atoms with van der Waals surface area (Å²) in [5.74, 6) is -0.215. The Bertz CT molecular complexity index is 414. The largest absolute Gasteiger partial charge is 1.00 e. The van der Waals surface area contributed by atoms with Crippen molar-refractivity contribution in [1.29, 1.82) is 0 Å². The fourth-order valence-corrected chi connectivity index (χ4v) is 3.16. The first-order chi connectivity index (χ1) is 13.6. The molecule has 0 atom stereocenters. The van der Waals surface area contributed by atoms with Crippen molar-refractivity contribution in [3.63, 3.8) is 0 Å². The zero-order chi connectivity index (χ0) is 20.8. The molecule has 0 aromatic carbocycles. The van der Waals surface area contributed by atoms with E-state index in [1.165, 1.54) is 44.9 Å². The van der Waals surface area contributed by atoms with E-state index < -0.39 is 10.1 Å². The van der Waals surface area contributed by atoms with E-state index in [4.69, 9.17) is 23.5 Å². The standard InChI is InChI=1S/C20H42O7S.Na.H/c1-2-3-4-5-6-7-8-9-12-24-14-16-26-18-19-27-17-15-25-13-10-11-20-28(21,22)23;;/h2-20H2,1H3,(H,21,22,23);;/q;+1;-1.